The van der Waals surface area contributed by atoms with Crippen LogP contribution in [0.3, 0.4) is 0 Å². The lowest BCUT2D eigenvalue weighted by molar-refractivity contribution is -0.125. The van der Waals surface area contributed by atoms with Crippen LogP contribution in [0.5, 0.6) is 5.75 Å². The standard InChI is InChI=1S/C16H25BrN4O2/c1-9(2)6-7-23-13-5-4-11(8-12(13)17)15-14(16(22)19-18)10(3)20-21-15/h4-5,8-10,14-15,20-21H,6-7,18H2,1-3H3,(H,19,22). The minimum atomic E-state index is -0.278. The van der Waals surface area contributed by atoms with Crippen molar-refractivity contribution in [1.82, 2.24) is 16.3 Å². The SMILES string of the molecule is CC(C)CCOc1ccc(C2NNC(C)C2C(=O)NN)cc1Br. The molecule has 1 amide bonds. The number of rotatable bonds is 6. The van der Waals surface area contributed by atoms with E-state index >= 15 is 0 Å². The number of benzene rings is 1. The predicted molar refractivity (Wildman–Crippen MR) is 93.4 cm³/mol. The van der Waals surface area contributed by atoms with Gasteiger partial charge in [-0.3, -0.25) is 15.6 Å². The minimum absolute atomic E-state index is 0.00991. The zero-order valence-electron chi connectivity index (χ0n) is 13.7. The molecular weight excluding hydrogens is 360 g/mol. The number of halogens is 1. The number of hydrazine groups is 2. The van der Waals surface area contributed by atoms with Crippen LogP contribution in [0.2, 0.25) is 0 Å². The van der Waals surface area contributed by atoms with E-state index in [0.717, 1.165) is 22.2 Å². The number of hydrogen-bond acceptors (Lipinski definition) is 5. The molecule has 0 saturated carbocycles. The fourth-order valence-electron chi connectivity index (χ4n) is 2.69. The van der Waals surface area contributed by atoms with Crippen LogP contribution in [0.1, 0.15) is 38.8 Å². The topological polar surface area (TPSA) is 88.4 Å². The molecule has 1 aromatic carbocycles. The average molecular weight is 385 g/mol. The largest absolute Gasteiger partial charge is 0.492 e. The molecule has 5 N–H and O–H groups in total. The Hall–Kier alpha value is -1.15. The van der Waals surface area contributed by atoms with Crippen molar-refractivity contribution in [2.24, 2.45) is 17.7 Å². The van der Waals surface area contributed by atoms with E-state index in [9.17, 15) is 4.79 Å². The molecule has 1 fully saturated rings. The van der Waals surface area contributed by atoms with Gasteiger partial charge in [0.1, 0.15) is 5.75 Å². The van der Waals surface area contributed by atoms with Crippen molar-refractivity contribution in [3.63, 3.8) is 0 Å². The minimum Gasteiger partial charge on any atom is -0.492 e. The van der Waals surface area contributed by atoms with Crippen molar-refractivity contribution in [3.05, 3.63) is 28.2 Å². The molecule has 0 aliphatic carbocycles. The lowest BCUT2D eigenvalue weighted by Crippen LogP contribution is -2.41. The molecule has 2 rings (SSSR count). The number of nitrogens with one attached hydrogen (secondary N) is 3. The van der Waals surface area contributed by atoms with E-state index in [1.807, 2.05) is 25.1 Å². The summed E-state index contributed by atoms with van der Waals surface area (Å²) in [4.78, 5) is 12.0. The summed E-state index contributed by atoms with van der Waals surface area (Å²) in [5.74, 6) is 6.26. The van der Waals surface area contributed by atoms with Gasteiger partial charge in [-0.1, -0.05) is 19.9 Å². The van der Waals surface area contributed by atoms with Crippen LogP contribution in [0.15, 0.2) is 22.7 Å². The molecular formula is C16H25BrN4O2. The highest BCUT2D eigenvalue weighted by molar-refractivity contribution is 9.10. The highest BCUT2D eigenvalue weighted by Crippen LogP contribution is 2.34. The third-order valence-electron chi connectivity index (χ3n) is 4.08. The lowest BCUT2D eigenvalue weighted by atomic mass is 9.89. The van der Waals surface area contributed by atoms with Crippen molar-refractivity contribution >= 4 is 21.8 Å². The van der Waals surface area contributed by atoms with E-state index in [0.29, 0.717) is 12.5 Å². The molecule has 3 atom stereocenters. The normalized spacial score (nSPS) is 24.0. The fourth-order valence-corrected chi connectivity index (χ4v) is 3.20. The van der Waals surface area contributed by atoms with Crippen molar-refractivity contribution < 1.29 is 9.53 Å². The van der Waals surface area contributed by atoms with Crippen LogP contribution in [0.4, 0.5) is 0 Å². The molecule has 0 aromatic heterocycles. The van der Waals surface area contributed by atoms with Gasteiger partial charge in [0.25, 0.3) is 0 Å². The van der Waals surface area contributed by atoms with Gasteiger partial charge in [0.15, 0.2) is 0 Å². The number of amides is 1. The number of carbonyl (C=O) groups is 1. The fraction of sp³-hybridized carbons (Fsp3) is 0.562. The van der Waals surface area contributed by atoms with Gasteiger partial charge < -0.3 is 4.74 Å². The predicted octanol–water partition coefficient (Wildman–Crippen LogP) is 2.02. The highest BCUT2D eigenvalue weighted by Gasteiger charge is 2.39. The summed E-state index contributed by atoms with van der Waals surface area (Å²) >= 11 is 3.55. The molecule has 1 aliphatic rings. The Kier molecular flexibility index (Phi) is 6.41. The van der Waals surface area contributed by atoms with Crippen molar-refractivity contribution in [2.75, 3.05) is 6.61 Å². The molecule has 128 valence electrons. The molecule has 1 aliphatic heterocycles. The van der Waals surface area contributed by atoms with Gasteiger partial charge in [-0.25, -0.2) is 11.3 Å². The molecule has 23 heavy (non-hydrogen) atoms. The van der Waals surface area contributed by atoms with Gasteiger partial charge in [-0.15, -0.1) is 0 Å². The molecule has 0 spiro atoms. The molecule has 3 unspecified atom stereocenters. The third-order valence-corrected chi connectivity index (χ3v) is 4.70. The number of carbonyl (C=O) groups excluding carboxylic acids is 1. The van der Waals surface area contributed by atoms with E-state index in [4.69, 9.17) is 10.6 Å². The summed E-state index contributed by atoms with van der Waals surface area (Å²) in [5, 5.41) is 0. The molecule has 1 aromatic rings. The lowest BCUT2D eigenvalue weighted by Gasteiger charge is -2.20. The summed E-state index contributed by atoms with van der Waals surface area (Å²) in [6.45, 7) is 6.98. The number of nitrogens with two attached hydrogens (primary N) is 1. The van der Waals surface area contributed by atoms with E-state index in [-0.39, 0.29) is 23.9 Å². The smallest absolute Gasteiger partial charge is 0.240 e. The van der Waals surface area contributed by atoms with Crippen LogP contribution in [-0.2, 0) is 4.79 Å². The van der Waals surface area contributed by atoms with E-state index in [2.05, 4.69) is 46.1 Å². The molecule has 7 heteroatoms. The Morgan fingerprint density at radius 3 is 2.78 bits per heavy atom. The van der Waals surface area contributed by atoms with Crippen molar-refractivity contribution in [3.8, 4) is 5.75 Å². The van der Waals surface area contributed by atoms with Crippen LogP contribution >= 0.6 is 15.9 Å². The summed E-state index contributed by atoms with van der Waals surface area (Å²) in [5.41, 5.74) is 9.51. The van der Waals surface area contributed by atoms with Gasteiger partial charge in [0.2, 0.25) is 5.91 Å². The van der Waals surface area contributed by atoms with Gasteiger partial charge in [0.05, 0.1) is 23.0 Å². The maximum atomic E-state index is 12.0. The first kappa shape index (κ1) is 18.2. The maximum absolute atomic E-state index is 12.0. The Morgan fingerprint density at radius 1 is 1.43 bits per heavy atom. The maximum Gasteiger partial charge on any atom is 0.240 e. The van der Waals surface area contributed by atoms with Crippen molar-refractivity contribution in [2.45, 2.75) is 39.3 Å². The summed E-state index contributed by atoms with van der Waals surface area (Å²) < 4.78 is 6.68. The monoisotopic (exact) mass is 384 g/mol. The van der Waals surface area contributed by atoms with E-state index < -0.39 is 0 Å². The molecule has 1 heterocycles. The Balaban J connectivity index is 2.11. The first-order valence-electron chi connectivity index (χ1n) is 7.87. The Bertz CT molecular complexity index is 553. The number of ether oxygens (including phenoxy) is 1. The molecule has 6 nitrogen and oxygen atoms in total. The zero-order chi connectivity index (χ0) is 17.0. The summed E-state index contributed by atoms with van der Waals surface area (Å²) in [7, 11) is 0. The Labute approximate surface area is 145 Å². The summed E-state index contributed by atoms with van der Waals surface area (Å²) in [6, 6.07) is 5.74. The molecule has 0 radical (unpaired) electrons. The van der Waals surface area contributed by atoms with E-state index in [1.165, 1.54) is 0 Å². The first-order valence-corrected chi connectivity index (χ1v) is 8.67. The van der Waals surface area contributed by atoms with Crippen LogP contribution in [0, 0.1) is 11.8 Å². The van der Waals surface area contributed by atoms with Gasteiger partial charge >= 0.3 is 0 Å². The van der Waals surface area contributed by atoms with Crippen LogP contribution in [-0.4, -0.2) is 18.6 Å². The zero-order valence-corrected chi connectivity index (χ0v) is 15.3. The first-order chi connectivity index (χ1) is 10.9. The van der Waals surface area contributed by atoms with Gasteiger partial charge in [-0.2, -0.15) is 0 Å². The molecule has 0 bridgehead atoms. The third kappa shape index (κ3) is 4.44. The average Bonchev–Trinajstić information content (AvgIpc) is 2.89. The van der Waals surface area contributed by atoms with Gasteiger partial charge in [-0.05, 0) is 52.9 Å². The quantitative estimate of drug-likeness (QED) is 0.342. The van der Waals surface area contributed by atoms with Crippen molar-refractivity contribution in [1.29, 1.82) is 0 Å². The summed E-state index contributed by atoms with van der Waals surface area (Å²) in [6.07, 6.45) is 1.01. The number of hydrogen-bond donors (Lipinski definition) is 4. The second-order valence-electron chi connectivity index (χ2n) is 6.31. The second-order valence-corrected chi connectivity index (χ2v) is 7.16. The van der Waals surface area contributed by atoms with Gasteiger partial charge in [0, 0.05) is 6.04 Å². The van der Waals surface area contributed by atoms with E-state index in [1.54, 1.807) is 0 Å². The van der Waals surface area contributed by atoms with Crippen LogP contribution < -0.4 is 26.9 Å². The second kappa shape index (κ2) is 8.10. The molecule has 1 saturated heterocycles. The Morgan fingerprint density at radius 2 is 2.17 bits per heavy atom. The van der Waals surface area contributed by atoms with Crippen LogP contribution in [0.25, 0.3) is 0 Å². The highest BCUT2D eigenvalue weighted by atomic mass is 79.9.